The molecule has 2 aliphatic rings. The summed E-state index contributed by atoms with van der Waals surface area (Å²) in [6, 6.07) is 1.27. The van der Waals surface area contributed by atoms with Crippen LogP contribution in [-0.2, 0) is 0 Å². The average Bonchev–Trinajstić information content (AvgIpc) is 3.35. The van der Waals surface area contributed by atoms with E-state index in [1.807, 2.05) is 11.8 Å². The summed E-state index contributed by atoms with van der Waals surface area (Å²) in [4.78, 5) is 0. The molecule has 0 amide bonds. The van der Waals surface area contributed by atoms with Gasteiger partial charge in [0.25, 0.3) is 0 Å². The molecule has 1 N–H and O–H groups in total. The summed E-state index contributed by atoms with van der Waals surface area (Å²) >= 11 is 1.92. The quantitative estimate of drug-likeness (QED) is 0.706. The van der Waals surface area contributed by atoms with Crippen LogP contribution in [0.1, 0.15) is 77.1 Å². The van der Waals surface area contributed by atoms with Crippen molar-refractivity contribution < 1.29 is 0 Å². The van der Waals surface area contributed by atoms with Crippen LogP contribution in [0.4, 0.5) is 0 Å². The van der Waals surface area contributed by atoms with Gasteiger partial charge >= 0.3 is 0 Å². The first-order valence-electron chi connectivity index (χ1n) is 8.53. The second-order valence-electron chi connectivity index (χ2n) is 6.74. The molecule has 3 rings (SSSR count). The molecule has 0 radical (unpaired) electrons. The van der Waals surface area contributed by atoms with Crippen LogP contribution in [-0.4, -0.2) is 32.6 Å². The number of hydrogen-bond donors (Lipinski definition) is 1. The Labute approximate surface area is 132 Å². The molecule has 2 aliphatic carbocycles. The van der Waals surface area contributed by atoms with Gasteiger partial charge in [-0.25, -0.2) is 0 Å². The Hall–Kier alpha value is -0.550. The second-order valence-corrected chi connectivity index (χ2v) is 8.14. The molecule has 2 fully saturated rings. The van der Waals surface area contributed by atoms with Gasteiger partial charge in [-0.05, 0) is 52.0 Å². The van der Waals surface area contributed by atoms with Crippen molar-refractivity contribution in [3.8, 4) is 0 Å². The summed E-state index contributed by atoms with van der Waals surface area (Å²) in [5.74, 6) is 1.97. The molecule has 2 saturated carbocycles. The van der Waals surface area contributed by atoms with E-state index in [1.165, 1.54) is 44.3 Å². The van der Waals surface area contributed by atoms with Crippen LogP contribution in [0.15, 0.2) is 5.16 Å². The molecule has 1 aromatic rings. The van der Waals surface area contributed by atoms with Gasteiger partial charge in [0, 0.05) is 23.3 Å². The fourth-order valence-corrected chi connectivity index (χ4v) is 4.05. The van der Waals surface area contributed by atoms with Crippen molar-refractivity contribution in [2.75, 3.05) is 6.54 Å². The highest BCUT2D eigenvalue weighted by Crippen LogP contribution is 2.46. The van der Waals surface area contributed by atoms with Crippen molar-refractivity contribution in [2.24, 2.45) is 0 Å². The number of thioether (sulfide) groups is 1. The Balaban J connectivity index is 1.59. The van der Waals surface area contributed by atoms with Crippen molar-refractivity contribution in [2.45, 2.75) is 87.7 Å². The molecule has 0 spiro atoms. The van der Waals surface area contributed by atoms with Crippen LogP contribution in [0.25, 0.3) is 0 Å². The minimum Gasteiger partial charge on any atom is -0.314 e. The van der Waals surface area contributed by atoms with Gasteiger partial charge in [0.05, 0.1) is 0 Å². The van der Waals surface area contributed by atoms with Crippen molar-refractivity contribution in [3.63, 3.8) is 0 Å². The molecule has 0 aromatic carbocycles. The molecule has 0 aliphatic heterocycles. The van der Waals surface area contributed by atoms with E-state index in [0.29, 0.717) is 23.3 Å². The summed E-state index contributed by atoms with van der Waals surface area (Å²) in [7, 11) is 0. The smallest absolute Gasteiger partial charge is 0.191 e. The van der Waals surface area contributed by atoms with Crippen LogP contribution in [0, 0.1) is 0 Å². The summed E-state index contributed by atoms with van der Waals surface area (Å²) in [5.41, 5.74) is 0. The van der Waals surface area contributed by atoms with Crippen molar-refractivity contribution in [1.82, 2.24) is 20.1 Å². The van der Waals surface area contributed by atoms with E-state index in [-0.39, 0.29) is 0 Å². The van der Waals surface area contributed by atoms with Crippen LogP contribution in [0.3, 0.4) is 0 Å². The molecule has 0 saturated heterocycles. The fourth-order valence-electron chi connectivity index (χ4n) is 2.86. The monoisotopic (exact) mass is 308 g/mol. The molecular formula is C16H28N4S. The maximum absolute atomic E-state index is 4.50. The van der Waals surface area contributed by atoms with Crippen LogP contribution < -0.4 is 5.32 Å². The lowest BCUT2D eigenvalue weighted by Crippen LogP contribution is -2.29. The lowest BCUT2D eigenvalue weighted by molar-refractivity contribution is 0.512. The van der Waals surface area contributed by atoms with E-state index in [1.54, 1.807) is 0 Å². The zero-order valence-corrected chi connectivity index (χ0v) is 14.3. The highest BCUT2D eigenvalue weighted by atomic mass is 32.2. The Morgan fingerprint density at radius 3 is 2.62 bits per heavy atom. The Morgan fingerprint density at radius 1 is 1.24 bits per heavy atom. The van der Waals surface area contributed by atoms with E-state index >= 15 is 0 Å². The van der Waals surface area contributed by atoms with Gasteiger partial charge in [0.15, 0.2) is 5.16 Å². The summed E-state index contributed by atoms with van der Waals surface area (Å²) < 4.78 is 2.46. The first kappa shape index (κ1) is 15.3. The zero-order valence-electron chi connectivity index (χ0n) is 13.5. The predicted molar refractivity (Wildman–Crippen MR) is 88.0 cm³/mol. The van der Waals surface area contributed by atoms with Gasteiger partial charge < -0.3 is 9.88 Å². The maximum Gasteiger partial charge on any atom is 0.191 e. The largest absolute Gasteiger partial charge is 0.314 e. The molecular weight excluding hydrogens is 280 g/mol. The third-order valence-corrected chi connectivity index (χ3v) is 5.36. The van der Waals surface area contributed by atoms with Gasteiger partial charge in [-0.2, -0.15) is 0 Å². The van der Waals surface area contributed by atoms with E-state index in [2.05, 4.69) is 40.9 Å². The number of aromatic nitrogens is 3. The molecule has 21 heavy (non-hydrogen) atoms. The second kappa shape index (κ2) is 6.69. The summed E-state index contributed by atoms with van der Waals surface area (Å²) in [6.07, 6.45) is 7.63. The highest BCUT2D eigenvalue weighted by Gasteiger charge is 2.36. The Bertz CT molecular complexity index is 465. The maximum atomic E-state index is 4.50. The molecule has 1 aromatic heterocycles. The topological polar surface area (TPSA) is 42.7 Å². The van der Waals surface area contributed by atoms with Crippen molar-refractivity contribution in [3.05, 3.63) is 5.82 Å². The van der Waals surface area contributed by atoms with Crippen LogP contribution >= 0.6 is 11.8 Å². The fraction of sp³-hybridized carbons (Fsp3) is 0.875. The Kier molecular flexibility index (Phi) is 4.89. The first-order valence-corrected chi connectivity index (χ1v) is 9.41. The van der Waals surface area contributed by atoms with Crippen molar-refractivity contribution >= 4 is 11.8 Å². The number of nitrogens with one attached hydrogen (secondary N) is 1. The van der Waals surface area contributed by atoms with E-state index < -0.39 is 0 Å². The van der Waals surface area contributed by atoms with Crippen LogP contribution in [0.5, 0.6) is 0 Å². The summed E-state index contributed by atoms with van der Waals surface area (Å²) in [6.45, 7) is 7.93. The molecule has 118 valence electrons. The van der Waals surface area contributed by atoms with E-state index in [0.717, 1.165) is 11.7 Å². The predicted octanol–water partition coefficient (Wildman–Crippen LogP) is 3.75. The van der Waals surface area contributed by atoms with Gasteiger partial charge in [0.2, 0.25) is 0 Å². The van der Waals surface area contributed by atoms with Gasteiger partial charge in [-0.3, -0.25) is 0 Å². The third kappa shape index (κ3) is 4.01. The number of nitrogens with zero attached hydrogens (tertiary/aromatic N) is 3. The molecule has 2 unspecified atom stereocenters. The molecule has 4 nitrogen and oxygen atoms in total. The minimum absolute atomic E-state index is 0.577. The van der Waals surface area contributed by atoms with Gasteiger partial charge in [-0.1, -0.05) is 25.6 Å². The zero-order chi connectivity index (χ0) is 14.8. The van der Waals surface area contributed by atoms with Gasteiger partial charge in [-0.15, -0.1) is 10.2 Å². The first-order chi connectivity index (χ1) is 10.2. The summed E-state index contributed by atoms with van der Waals surface area (Å²) in [5, 5.41) is 14.3. The van der Waals surface area contributed by atoms with Crippen molar-refractivity contribution in [1.29, 1.82) is 0 Å². The molecule has 1 heterocycles. The average molecular weight is 308 g/mol. The van der Waals surface area contributed by atoms with E-state index in [4.69, 9.17) is 0 Å². The lowest BCUT2D eigenvalue weighted by Gasteiger charge is -2.18. The highest BCUT2D eigenvalue weighted by molar-refractivity contribution is 7.99. The number of rotatable bonds is 9. The molecule has 2 atom stereocenters. The van der Waals surface area contributed by atoms with E-state index in [9.17, 15) is 0 Å². The minimum atomic E-state index is 0.577. The molecule has 0 bridgehead atoms. The van der Waals surface area contributed by atoms with Gasteiger partial charge in [0.1, 0.15) is 5.82 Å². The molecule has 5 heteroatoms. The lowest BCUT2D eigenvalue weighted by atomic mass is 10.2. The SMILES string of the molecule is CCCNC(C)CC(C)Sc1nnc(C2CC2)n1C1CC1. The number of hydrogen-bond acceptors (Lipinski definition) is 4. The van der Waals surface area contributed by atoms with Crippen LogP contribution in [0.2, 0.25) is 0 Å². The standard InChI is InChI=1S/C16H28N4S/c1-4-9-17-11(2)10-12(3)21-16-19-18-15(13-5-6-13)20(16)14-7-8-14/h11-14,17H,4-10H2,1-3H3. The Morgan fingerprint density at radius 2 is 2.00 bits per heavy atom. The normalized spacial score (nSPS) is 21.5. The third-order valence-electron chi connectivity index (χ3n) is 4.28.